The number of amides is 2. The zero-order valence-corrected chi connectivity index (χ0v) is 16.6. The Labute approximate surface area is 169 Å². The molecule has 154 valence electrons. The molecule has 2 amide bonds. The first kappa shape index (κ1) is 19.5. The first-order valence-electron chi connectivity index (χ1n) is 9.98. The Balaban J connectivity index is 1.35. The lowest BCUT2D eigenvalue weighted by Crippen LogP contribution is -2.56. The Morgan fingerprint density at radius 1 is 1.03 bits per heavy atom. The number of hydrogen-bond acceptors (Lipinski definition) is 6. The maximum absolute atomic E-state index is 12.9. The summed E-state index contributed by atoms with van der Waals surface area (Å²) in [4.78, 5) is 39.8. The van der Waals surface area contributed by atoms with Gasteiger partial charge in [0.05, 0.1) is 31.3 Å². The molecule has 9 nitrogen and oxygen atoms in total. The fourth-order valence-electron chi connectivity index (χ4n) is 3.79. The highest BCUT2D eigenvalue weighted by molar-refractivity contribution is 5.93. The summed E-state index contributed by atoms with van der Waals surface area (Å²) >= 11 is 0. The minimum atomic E-state index is -0.187. The lowest BCUT2D eigenvalue weighted by Gasteiger charge is -2.39. The van der Waals surface area contributed by atoms with Gasteiger partial charge >= 0.3 is 0 Å². The van der Waals surface area contributed by atoms with Crippen molar-refractivity contribution >= 4 is 11.8 Å². The molecule has 2 saturated heterocycles. The molecule has 0 aromatic carbocycles. The molecule has 0 aliphatic carbocycles. The van der Waals surface area contributed by atoms with E-state index in [2.05, 4.69) is 14.9 Å². The van der Waals surface area contributed by atoms with Crippen molar-refractivity contribution in [2.24, 2.45) is 0 Å². The summed E-state index contributed by atoms with van der Waals surface area (Å²) in [7, 11) is 0. The van der Waals surface area contributed by atoms with Gasteiger partial charge in [-0.05, 0) is 19.1 Å². The highest BCUT2D eigenvalue weighted by Crippen LogP contribution is 2.14. The molecule has 0 radical (unpaired) electrons. The molecular formula is C20H26N6O3. The molecule has 4 heterocycles. The largest absolute Gasteiger partial charge is 0.378 e. The molecule has 2 aliphatic heterocycles. The molecule has 2 aliphatic rings. The second-order valence-electron chi connectivity index (χ2n) is 7.31. The first-order valence-corrected chi connectivity index (χ1v) is 9.98. The number of rotatable bonds is 4. The number of piperazine rings is 1. The first-order chi connectivity index (χ1) is 14.1. The van der Waals surface area contributed by atoms with E-state index in [9.17, 15) is 9.59 Å². The third-order valence-electron chi connectivity index (χ3n) is 5.59. The number of carbonyl (C=O) groups excluding carboxylic acids is 2. The van der Waals surface area contributed by atoms with E-state index in [4.69, 9.17) is 4.74 Å². The van der Waals surface area contributed by atoms with Gasteiger partial charge in [0.2, 0.25) is 5.91 Å². The third kappa shape index (κ3) is 4.30. The highest BCUT2D eigenvalue weighted by atomic mass is 16.5. The Hall–Kier alpha value is -2.78. The second kappa shape index (κ2) is 8.71. The number of ether oxygens (including phenoxy) is 1. The number of carbonyl (C=O) groups is 2. The van der Waals surface area contributed by atoms with Crippen LogP contribution >= 0.6 is 0 Å². The quantitative estimate of drug-likeness (QED) is 0.735. The average Bonchev–Trinajstić information content (AvgIpc) is 3.33. The predicted molar refractivity (Wildman–Crippen MR) is 106 cm³/mol. The van der Waals surface area contributed by atoms with E-state index in [0.717, 1.165) is 5.69 Å². The normalized spacial score (nSPS) is 19.2. The van der Waals surface area contributed by atoms with Crippen LogP contribution in [0.5, 0.6) is 0 Å². The van der Waals surface area contributed by atoms with Crippen LogP contribution in [0.15, 0.2) is 37.1 Å². The number of nitrogens with zero attached hydrogens (tertiary/aromatic N) is 6. The summed E-state index contributed by atoms with van der Waals surface area (Å²) in [6.45, 7) is 6.96. The van der Waals surface area contributed by atoms with E-state index in [1.807, 2.05) is 33.6 Å². The number of morpholine rings is 1. The van der Waals surface area contributed by atoms with Gasteiger partial charge in [0.1, 0.15) is 5.69 Å². The summed E-state index contributed by atoms with van der Waals surface area (Å²) in [6.07, 6.45) is 6.85. The minimum Gasteiger partial charge on any atom is -0.378 e. The smallest absolute Gasteiger partial charge is 0.272 e. The molecule has 1 atom stereocenters. The molecule has 2 aromatic rings. The van der Waals surface area contributed by atoms with Gasteiger partial charge in [-0.1, -0.05) is 0 Å². The fraction of sp³-hybridized carbons (Fsp3) is 0.500. The standard InChI is InChI=1S/C20H26N6O3/c1-16(19(27)25-10-12-29-13-11-25)23-6-8-24(9-7-23)20(28)18-14-17(2-3-22-18)26-5-4-21-15-26/h2-5,14-16H,6-13H2,1H3. The lowest BCUT2D eigenvalue weighted by atomic mass is 10.2. The zero-order chi connectivity index (χ0) is 20.2. The van der Waals surface area contributed by atoms with Crippen LogP contribution in [-0.2, 0) is 9.53 Å². The Bertz CT molecular complexity index is 842. The summed E-state index contributed by atoms with van der Waals surface area (Å²) < 4.78 is 7.17. The van der Waals surface area contributed by atoms with Gasteiger partial charge in [-0.3, -0.25) is 19.5 Å². The number of hydrogen-bond donors (Lipinski definition) is 0. The van der Waals surface area contributed by atoms with Crippen LogP contribution in [0.2, 0.25) is 0 Å². The van der Waals surface area contributed by atoms with E-state index < -0.39 is 0 Å². The van der Waals surface area contributed by atoms with Gasteiger partial charge in [0.25, 0.3) is 5.91 Å². The van der Waals surface area contributed by atoms with Crippen LogP contribution in [0.3, 0.4) is 0 Å². The summed E-state index contributed by atoms with van der Waals surface area (Å²) in [5, 5.41) is 0. The van der Waals surface area contributed by atoms with Crippen LogP contribution in [0.4, 0.5) is 0 Å². The summed E-state index contributed by atoms with van der Waals surface area (Å²) in [6, 6.07) is 3.43. The molecule has 4 rings (SSSR count). The lowest BCUT2D eigenvalue weighted by molar-refractivity contribution is -0.141. The molecule has 0 N–H and O–H groups in total. The zero-order valence-electron chi connectivity index (χ0n) is 16.6. The van der Waals surface area contributed by atoms with Gasteiger partial charge < -0.3 is 19.1 Å². The monoisotopic (exact) mass is 398 g/mol. The van der Waals surface area contributed by atoms with E-state index in [1.165, 1.54) is 0 Å². The molecule has 2 aromatic heterocycles. The van der Waals surface area contributed by atoms with E-state index >= 15 is 0 Å². The summed E-state index contributed by atoms with van der Waals surface area (Å²) in [5.41, 5.74) is 1.27. The average molecular weight is 398 g/mol. The Kier molecular flexibility index (Phi) is 5.86. The van der Waals surface area contributed by atoms with E-state index in [-0.39, 0.29) is 17.9 Å². The van der Waals surface area contributed by atoms with Gasteiger partial charge in [-0.2, -0.15) is 0 Å². The molecular weight excluding hydrogens is 372 g/mol. The molecule has 2 fully saturated rings. The van der Waals surface area contributed by atoms with Gasteiger partial charge in [-0.15, -0.1) is 0 Å². The van der Waals surface area contributed by atoms with Crippen molar-refractivity contribution in [3.8, 4) is 5.69 Å². The predicted octanol–water partition coefficient (Wildman–Crippen LogP) is 0.272. The Morgan fingerprint density at radius 2 is 1.79 bits per heavy atom. The number of imidazole rings is 1. The van der Waals surface area contributed by atoms with Gasteiger partial charge in [-0.25, -0.2) is 4.98 Å². The summed E-state index contributed by atoms with van der Waals surface area (Å²) in [5.74, 6) is 0.0570. The van der Waals surface area contributed by atoms with Crippen LogP contribution in [-0.4, -0.2) is 99.6 Å². The van der Waals surface area contributed by atoms with E-state index in [0.29, 0.717) is 58.2 Å². The minimum absolute atomic E-state index is 0.0845. The van der Waals surface area contributed by atoms with E-state index in [1.54, 1.807) is 24.8 Å². The molecule has 29 heavy (non-hydrogen) atoms. The van der Waals surface area contributed by atoms with Crippen LogP contribution in [0.1, 0.15) is 17.4 Å². The van der Waals surface area contributed by atoms with Crippen molar-refractivity contribution in [2.45, 2.75) is 13.0 Å². The topological polar surface area (TPSA) is 83.8 Å². The maximum atomic E-state index is 12.9. The van der Waals surface area contributed by atoms with Crippen molar-refractivity contribution in [2.75, 3.05) is 52.5 Å². The van der Waals surface area contributed by atoms with Crippen molar-refractivity contribution in [1.29, 1.82) is 0 Å². The second-order valence-corrected chi connectivity index (χ2v) is 7.31. The molecule has 0 bridgehead atoms. The molecule has 9 heteroatoms. The van der Waals surface area contributed by atoms with Crippen LogP contribution < -0.4 is 0 Å². The van der Waals surface area contributed by atoms with Gasteiger partial charge in [0, 0.05) is 57.9 Å². The van der Waals surface area contributed by atoms with Crippen molar-refractivity contribution < 1.29 is 14.3 Å². The molecule has 1 unspecified atom stereocenters. The van der Waals surface area contributed by atoms with Crippen molar-refractivity contribution in [1.82, 2.24) is 29.2 Å². The highest BCUT2D eigenvalue weighted by Gasteiger charge is 2.31. The van der Waals surface area contributed by atoms with Crippen molar-refractivity contribution in [3.05, 3.63) is 42.7 Å². The molecule has 0 spiro atoms. The van der Waals surface area contributed by atoms with Crippen LogP contribution in [0, 0.1) is 0 Å². The SMILES string of the molecule is CC(C(=O)N1CCOCC1)N1CCN(C(=O)c2cc(-n3ccnc3)ccn2)CC1. The molecule has 0 saturated carbocycles. The van der Waals surface area contributed by atoms with Gasteiger partial charge in [0.15, 0.2) is 0 Å². The Morgan fingerprint density at radius 3 is 2.48 bits per heavy atom. The number of aromatic nitrogens is 3. The fourth-order valence-corrected chi connectivity index (χ4v) is 3.79. The maximum Gasteiger partial charge on any atom is 0.272 e. The van der Waals surface area contributed by atoms with Crippen molar-refractivity contribution in [3.63, 3.8) is 0 Å². The number of pyridine rings is 1. The van der Waals surface area contributed by atoms with Crippen LogP contribution in [0.25, 0.3) is 5.69 Å². The third-order valence-corrected chi connectivity index (χ3v) is 5.59.